The maximum Gasteiger partial charge on any atom is 0.343 e. The molecule has 4 heteroatoms. The summed E-state index contributed by atoms with van der Waals surface area (Å²) in [5.41, 5.74) is 2.01. The van der Waals surface area contributed by atoms with Crippen LogP contribution in [0.3, 0.4) is 0 Å². The number of carbonyl (C=O) groups is 1. The van der Waals surface area contributed by atoms with Crippen LogP contribution in [-0.2, 0) is 11.3 Å². The van der Waals surface area contributed by atoms with Gasteiger partial charge in [0.25, 0.3) is 0 Å². The zero-order valence-corrected chi connectivity index (χ0v) is 9.92. The summed E-state index contributed by atoms with van der Waals surface area (Å²) in [5, 5.41) is 13.4. The first-order chi connectivity index (χ1) is 8.00. The molecule has 0 amide bonds. The first-order valence-electron chi connectivity index (χ1n) is 5.43. The van der Waals surface area contributed by atoms with E-state index in [2.05, 4.69) is 5.10 Å². The molecule has 1 aliphatic heterocycles. The maximum atomic E-state index is 11.0. The molecule has 1 N–H and O–H groups in total. The molecular formula is C13H15N2O2+. The van der Waals surface area contributed by atoms with Gasteiger partial charge < -0.3 is 5.11 Å². The van der Waals surface area contributed by atoms with Crippen LogP contribution in [0.1, 0.15) is 12.5 Å². The smallest absolute Gasteiger partial charge is 0.343 e. The number of nitrogens with zero attached hydrogens (tertiary/aromatic N) is 2. The lowest BCUT2D eigenvalue weighted by Crippen LogP contribution is -2.29. The molecule has 2 rings (SSSR count). The monoisotopic (exact) mass is 231 g/mol. The molecule has 0 bridgehead atoms. The van der Waals surface area contributed by atoms with Gasteiger partial charge in [-0.1, -0.05) is 35.4 Å². The SMILES string of the molecule is CC1=N[N+](C)(Cc2ccccc2)C=C1C(=O)O. The average Bonchev–Trinajstić information content (AvgIpc) is 2.55. The summed E-state index contributed by atoms with van der Waals surface area (Å²) in [6.07, 6.45) is 1.69. The minimum Gasteiger partial charge on any atom is -0.477 e. The Hall–Kier alpha value is -1.94. The van der Waals surface area contributed by atoms with E-state index in [1.54, 1.807) is 13.1 Å². The molecular weight excluding hydrogens is 216 g/mol. The summed E-state index contributed by atoms with van der Waals surface area (Å²) in [4.78, 5) is 11.0. The number of rotatable bonds is 3. The summed E-state index contributed by atoms with van der Waals surface area (Å²) in [6, 6.07) is 9.92. The Balaban J connectivity index is 2.26. The normalized spacial score (nSPS) is 23.2. The van der Waals surface area contributed by atoms with Gasteiger partial charge in [0.05, 0.1) is 7.05 Å². The second-order valence-electron chi connectivity index (χ2n) is 4.39. The third-order valence-electron chi connectivity index (χ3n) is 2.75. The molecule has 88 valence electrons. The maximum absolute atomic E-state index is 11.0. The molecule has 0 aliphatic carbocycles. The van der Waals surface area contributed by atoms with Crippen LogP contribution in [0.2, 0.25) is 0 Å². The Kier molecular flexibility index (Phi) is 2.81. The van der Waals surface area contributed by atoms with E-state index in [9.17, 15) is 4.79 Å². The number of carboxylic acid groups (broad SMARTS) is 1. The largest absolute Gasteiger partial charge is 0.477 e. The van der Waals surface area contributed by atoms with E-state index < -0.39 is 5.97 Å². The van der Waals surface area contributed by atoms with Gasteiger partial charge in [0.15, 0.2) is 0 Å². The highest BCUT2D eigenvalue weighted by atomic mass is 16.4. The van der Waals surface area contributed by atoms with Gasteiger partial charge in [-0.05, 0) is 6.92 Å². The van der Waals surface area contributed by atoms with Crippen molar-refractivity contribution in [3.63, 3.8) is 0 Å². The second kappa shape index (κ2) is 4.14. The van der Waals surface area contributed by atoms with Gasteiger partial charge in [-0.3, -0.25) is 0 Å². The lowest BCUT2D eigenvalue weighted by molar-refractivity contribution is -0.877. The van der Waals surface area contributed by atoms with Crippen LogP contribution in [-0.4, -0.2) is 28.4 Å². The van der Waals surface area contributed by atoms with Crippen molar-refractivity contribution in [2.24, 2.45) is 5.10 Å². The summed E-state index contributed by atoms with van der Waals surface area (Å²) in [5.74, 6) is -0.916. The quantitative estimate of drug-likeness (QED) is 0.809. The van der Waals surface area contributed by atoms with Crippen molar-refractivity contribution >= 4 is 11.7 Å². The topological polar surface area (TPSA) is 49.7 Å². The van der Waals surface area contributed by atoms with E-state index >= 15 is 0 Å². The highest BCUT2D eigenvalue weighted by Crippen LogP contribution is 2.22. The predicted molar refractivity (Wildman–Crippen MR) is 65.2 cm³/mol. The van der Waals surface area contributed by atoms with Gasteiger partial charge in [-0.25, -0.2) is 4.79 Å². The van der Waals surface area contributed by atoms with E-state index in [4.69, 9.17) is 5.11 Å². The first kappa shape index (κ1) is 11.5. The average molecular weight is 231 g/mol. The Morgan fingerprint density at radius 3 is 2.53 bits per heavy atom. The number of quaternary nitrogens is 1. The molecule has 1 aromatic rings. The Morgan fingerprint density at radius 2 is 2.00 bits per heavy atom. The van der Waals surface area contributed by atoms with Gasteiger partial charge >= 0.3 is 5.97 Å². The molecule has 0 saturated carbocycles. The fourth-order valence-electron chi connectivity index (χ4n) is 2.04. The van der Waals surface area contributed by atoms with E-state index in [1.165, 1.54) is 0 Å². The van der Waals surface area contributed by atoms with Crippen LogP contribution < -0.4 is 0 Å². The zero-order valence-electron chi connectivity index (χ0n) is 9.92. The number of carboxylic acids is 1. The number of aliphatic carboxylic acids is 1. The number of benzene rings is 1. The van der Waals surface area contributed by atoms with Crippen LogP contribution >= 0.6 is 0 Å². The van der Waals surface area contributed by atoms with E-state index in [1.807, 2.05) is 37.4 Å². The fourth-order valence-corrected chi connectivity index (χ4v) is 2.04. The van der Waals surface area contributed by atoms with Crippen molar-refractivity contribution in [1.29, 1.82) is 0 Å². The lowest BCUT2D eigenvalue weighted by atomic mass is 10.2. The van der Waals surface area contributed by atoms with Crippen LogP contribution in [0, 0.1) is 0 Å². The molecule has 1 unspecified atom stereocenters. The predicted octanol–water partition coefficient (Wildman–Crippen LogP) is 1.99. The van der Waals surface area contributed by atoms with Crippen molar-refractivity contribution in [2.45, 2.75) is 13.5 Å². The van der Waals surface area contributed by atoms with Crippen molar-refractivity contribution in [1.82, 2.24) is 0 Å². The molecule has 0 radical (unpaired) electrons. The highest BCUT2D eigenvalue weighted by Gasteiger charge is 2.32. The summed E-state index contributed by atoms with van der Waals surface area (Å²) in [7, 11) is 1.90. The Labute approximate surface area is 100 Å². The molecule has 0 spiro atoms. The van der Waals surface area contributed by atoms with Crippen LogP contribution in [0.4, 0.5) is 0 Å². The third-order valence-corrected chi connectivity index (χ3v) is 2.75. The van der Waals surface area contributed by atoms with Crippen molar-refractivity contribution in [3.05, 3.63) is 47.7 Å². The second-order valence-corrected chi connectivity index (χ2v) is 4.39. The van der Waals surface area contributed by atoms with Gasteiger partial charge in [-0.2, -0.15) is 4.59 Å². The van der Waals surface area contributed by atoms with E-state index in [0.717, 1.165) is 5.56 Å². The zero-order chi connectivity index (χ0) is 12.5. The molecule has 1 aliphatic rings. The van der Waals surface area contributed by atoms with E-state index in [-0.39, 0.29) is 4.59 Å². The van der Waals surface area contributed by atoms with Gasteiger partial charge in [0.1, 0.15) is 24.0 Å². The third kappa shape index (κ3) is 2.42. The van der Waals surface area contributed by atoms with Gasteiger partial charge in [0.2, 0.25) is 0 Å². The molecule has 1 heterocycles. The van der Waals surface area contributed by atoms with Crippen molar-refractivity contribution < 1.29 is 14.5 Å². The molecule has 1 atom stereocenters. The standard InChI is InChI=1S/C13H14N2O2/c1-10-12(13(16)17)9-15(2,14-10)8-11-6-4-3-5-7-11/h3-7,9H,8H2,1-2H3/p+1. The Morgan fingerprint density at radius 1 is 1.35 bits per heavy atom. The van der Waals surface area contributed by atoms with Crippen molar-refractivity contribution in [3.8, 4) is 0 Å². The van der Waals surface area contributed by atoms with Crippen molar-refractivity contribution in [2.75, 3.05) is 7.05 Å². The summed E-state index contributed by atoms with van der Waals surface area (Å²) >= 11 is 0. The highest BCUT2D eigenvalue weighted by molar-refractivity contribution is 6.18. The van der Waals surface area contributed by atoms with Gasteiger partial charge in [-0.15, -0.1) is 0 Å². The minimum atomic E-state index is -0.916. The Bertz CT molecular complexity index is 505. The van der Waals surface area contributed by atoms with Crippen LogP contribution in [0.5, 0.6) is 0 Å². The number of hydrogen-bond acceptors (Lipinski definition) is 2. The summed E-state index contributed by atoms with van der Waals surface area (Å²) < 4.78 is 0.261. The minimum absolute atomic E-state index is 0.261. The fraction of sp³-hybridized carbons (Fsp3) is 0.231. The molecule has 0 aromatic heterocycles. The molecule has 1 aromatic carbocycles. The summed E-state index contributed by atoms with van der Waals surface area (Å²) in [6.45, 7) is 2.39. The lowest BCUT2D eigenvalue weighted by Gasteiger charge is -2.20. The van der Waals surface area contributed by atoms with E-state index in [0.29, 0.717) is 17.8 Å². The first-order valence-corrected chi connectivity index (χ1v) is 5.43. The van der Waals surface area contributed by atoms with Gasteiger partial charge in [0, 0.05) is 5.56 Å². The molecule has 0 saturated heterocycles. The molecule has 0 fully saturated rings. The molecule has 17 heavy (non-hydrogen) atoms. The van der Waals surface area contributed by atoms with Crippen LogP contribution in [0.15, 0.2) is 47.2 Å². The van der Waals surface area contributed by atoms with Crippen LogP contribution in [0.25, 0.3) is 0 Å². The molecule has 4 nitrogen and oxygen atoms in total. The number of hydrogen-bond donors (Lipinski definition) is 1.